The van der Waals surface area contributed by atoms with Crippen molar-refractivity contribution in [3.8, 4) is 0 Å². The second kappa shape index (κ2) is 6.02. The number of pyridine rings is 1. The van der Waals surface area contributed by atoms with E-state index in [2.05, 4.69) is 26.3 Å². The highest BCUT2D eigenvalue weighted by Gasteiger charge is 2.46. The third kappa shape index (κ3) is 3.22. The number of hydrogen-bond acceptors (Lipinski definition) is 7. The first-order valence-corrected chi connectivity index (χ1v) is 9.15. The van der Waals surface area contributed by atoms with E-state index in [1.165, 1.54) is 17.1 Å². The minimum atomic E-state index is -3.92. The SMILES string of the molecule is Nc1ccnc2c1ncn2[C@@H]1O[C@H](COP(O)(O)=S)C(O)[C@@H]1F. The molecule has 3 rings (SSSR count). The lowest BCUT2D eigenvalue weighted by atomic mass is 10.1. The molecule has 0 aliphatic carbocycles. The lowest BCUT2D eigenvalue weighted by Crippen LogP contribution is -2.31. The van der Waals surface area contributed by atoms with Crippen molar-refractivity contribution in [2.24, 2.45) is 0 Å². The van der Waals surface area contributed by atoms with Gasteiger partial charge in [-0.3, -0.25) is 4.57 Å². The fourth-order valence-corrected chi connectivity index (χ4v) is 2.90. The Kier molecular flexibility index (Phi) is 4.36. The Bertz CT molecular complexity index is 770. The molecule has 0 radical (unpaired) electrons. The number of nitrogens with two attached hydrogens (primary N) is 1. The summed E-state index contributed by atoms with van der Waals surface area (Å²) < 4.78 is 25.7. The van der Waals surface area contributed by atoms with Gasteiger partial charge >= 0.3 is 6.72 Å². The minimum absolute atomic E-state index is 0.306. The predicted octanol–water partition coefficient (Wildman–Crippen LogP) is -0.164. The molecule has 2 aromatic heterocycles. The molecule has 4 atom stereocenters. The highest BCUT2D eigenvalue weighted by molar-refractivity contribution is 8.06. The van der Waals surface area contributed by atoms with Crippen molar-refractivity contribution in [3.63, 3.8) is 0 Å². The average molecular weight is 364 g/mol. The molecule has 9 nitrogen and oxygen atoms in total. The molecule has 1 aliphatic rings. The molecule has 0 aromatic carbocycles. The number of imidazole rings is 1. The Morgan fingerprint density at radius 2 is 2.22 bits per heavy atom. The molecule has 1 aliphatic heterocycles. The fourth-order valence-electron chi connectivity index (χ4n) is 2.38. The zero-order valence-electron chi connectivity index (χ0n) is 11.6. The van der Waals surface area contributed by atoms with Crippen LogP contribution >= 0.6 is 6.72 Å². The summed E-state index contributed by atoms with van der Waals surface area (Å²) in [6.45, 7) is -4.37. The number of aromatic nitrogens is 3. The van der Waals surface area contributed by atoms with Crippen LogP contribution < -0.4 is 5.73 Å². The molecular formula is C11H14FN4O5PS. The van der Waals surface area contributed by atoms with Crippen LogP contribution in [0.1, 0.15) is 6.23 Å². The van der Waals surface area contributed by atoms with E-state index < -0.39 is 37.9 Å². The quantitative estimate of drug-likeness (QED) is 0.545. The summed E-state index contributed by atoms with van der Waals surface area (Å²) >= 11 is 4.30. The predicted molar refractivity (Wildman–Crippen MR) is 81.4 cm³/mol. The van der Waals surface area contributed by atoms with Gasteiger partial charge in [0.25, 0.3) is 0 Å². The first-order valence-electron chi connectivity index (χ1n) is 6.52. The second-order valence-corrected chi connectivity index (χ2v) is 7.68. The van der Waals surface area contributed by atoms with E-state index in [0.29, 0.717) is 16.9 Å². The van der Waals surface area contributed by atoms with Crippen molar-refractivity contribution >= 4 is 35.4 Å². The molecule has 12 heteroatoms. The first kappa shape index (κ1) is 16.7. The lowest BCUT2D eigenvalue weighted by molar-refractivity contribution is -0.0429. The van der Waals surface area contributed by atoms with Crippen LogP contribution in [0.15, 0.2) is 18.6 Å². The molecule has 23 heavy (non-hydrogen) atoms. The van der Waals surface area contributed by atoms with Crippen LogP contribution in [0.2, 0.25) is 0 Å². The van der Waals surface area contributed by atoms with Gasteiger partial charge in [0.15, 0.2) is 18.0 Å². The third-order valence-corrected chi connectivity index (χ3v) is 4.27. The number of alkyl halides is 1. The number of ether oxygens (including phenoxy) is 1. The molecule has 1 fully saturated rings. The van der Waals surface area contributed by atoms with E-state index in [1.807, 2.05) is 0 Å². The van der Waals surface area contributed by atoms with Gasteiger partial charge in [-0.25, -0.2) is 14.4 Å². The normalized spacial score (nSPS) is 28.5. The van der Waals surface area contributed by atoms with E-state index >= 15 is 0 Å². The maximum absolute atomic E-state index is 14.4. The zero-order valence-corrected chi connectivity index (χ0v) is 13.3. The van der Waals surface area contributed by atoms with Crippen LogP contribution in [-0.2, 0) is 21.1 Å². The monoisotopic (exact) mass is 364 g/mol. The highest BCUT2D eigenvalue weighted by atomic mass is 32.5. The molecule has 0 saturated carbocycles. The number of nitrogen functional groups attached to an aromatic ring is 1. The van der Waals surface area contributed by atoms with Gasteiger partial charge in [0.05, 0.1) is 18.6 Å². The molecule has 2 aromatic rings. The number of hydrogen-bond donors (Lipinski definition) is 4. The molecule has 5 N–H and O–H groups in total. The number of anilines is 1. The van der Waals surface area contributed by atoms with Crippen LogP contribution in [0.3, 0.4) is 0 Å². The van der Waals surface area contributed by atoms with Crippen molar-refractivity contribution in [1.82, 2.24) is 14.5 Å². The molecule has 126 valence electrons. The summed E-state index contributed by atoms with van der Waals surface area (Å²) in [6, 6.07) is 1.56. The van der Waals surface area contributed by atoms with E-state index in [0.717, 1.165) is 0 Å². The van der Waals surface area contributed by atoms with Crippen molar-refractivity contribution in [3.05, 3.63) is 18.6 Å². The zero-order chi connectivity index (χ0) is 16.8. The van der Waals surface area contributed by atoms with Crippen molar-refractivity contribution in [2.75, 3.05) is 12.3 Å². The molecular weight excluding hydrogens is 350 g/mol. The summed E-state index contributed by atoms with van der Waals surface area (Å²) in [4.78, 5) is 26.2. The summed E-state index contributed by atoms with van der Waals surface area (Å²) in [5.41, 5.74) is 6.84. The lowest BCUT2D eigenvalue weighted by Gasteiger charge is -2.16. The fraction of sp³-hybridized carbons (Fsp3) is 0.455. The molecule has 0 spiro atoms. The number of halogens is 1. The molecule has 1 unspecified atom stereocenters. The van der Waals surface area contributed by atoms with E-state index in [1.54, 1.807) is 6.07 Å². The maximum Gasteiger partial charge on any atom is 0.321 e. The van der Waals surface area contributed by atoms with Gasteiger partial charge in [-0.2, -0.15) is 0 Å². The second-order valence-electron chi connectivity index (χ2n) is 5.01. The van der Waals surface area contributed by atoms with E-state index in [-0.39, 0.29) is 0 Å². The van der Waals surface area contributed by atoms with Gasteiger partial charge in [-0.1, -0.05) is 0 Å². The molecule has 0 amide bonds. The van der Waals surface area contributed by atoms with Gasteiger partial charge in [-0.15, -0.1) is 0 Å². The van der Waals surface area contributed by atoms with Gasteiger partial charge in [0.1, 0.15) is 17.7 Å². The van der Waals surface area contributed by atoms with Crippen molar-refractivity contribution in [1.29, 1.82) is 0 Å². The van der Waals surface area contributed by atoms with Crippen LogP contribution in [0, 0.1) is 0 Å². The maximum atomic E-state index is 14.4. The van der Waals surface area contributed by atoms with Crippen LogP contribution in [0.4, 0.5) is 10.1 Å². The highest BCUT2D eigenvalue weighted by Crippen LogP contribution is 2.39. The van der Waals surface area contributed by atoms with Crippen LogP contribution in [-0.4, -0.2) is 54.4 Å². The number of aliphatic hydroxyl groups is 1. The number of aliphatic hydroxyl groups excluding tert-OH is 1. The number of nitrogens with zero attached hydrogens (tertiary/aromatic N) is 3. The molecule has 0 bridgehead atoms. The Labute approximate surface area is 134 Å². The Morgan fingerprint density at radius 3 is 2.91 bits per heavy atom. The topological polar surface area (TPSA) is 136 Å². The summed E-state index contributed by atoms with van der Waals surface area (Å²) in [5, 5.41) is 9.91. The first-order chi connectivity index (χ1) is 10.8. The number of rotatable bonds is 4. The molecule has 1 saturated heterocycles. The third-order valence-electron chi connectivity index (χ3n) is 3.47. The van der Waals surface area contributed by atoms with Gasteiger partial charge in [-0.05, 0) is 17.9 Å². The summed E-state index contributed by atoms with van der Waals surface area (Å²) in [7, 11) is 0. The van der Waals surface area contributed by atoms with Crippen LogP contribution in [0.25, 0.3) is 11.2 Å². The van der Waals surface area contributed by atoms with Gasteiger partial charge in [0.2, 0.25) is 0 Å². The minimum Gasteiger partial charge on any atom is -0.397 e. The van der Waals surface area contributed by atoms with Gasteiger partial charge in [0, 0.05) is 6.20 Å². The Balaban J connectivity index is 1.85. The van der Waals surface area contributed by atoms with Crippen molar-refractivity contribution < 1.29 is 28.5 Å². The van der Waals surface area contributed by atoms with Crippen LogP contribution in [0.5, 0.6) is 0 Å². The Hall–Kier alpha value is -1.20. The number of fused-ring (bicyclic) bond motifs is 1. The summed E-state index contributed by atoms with van der Waals surface area (Å²) in [6.07, 6.45) is -2.88. The van der Waals surface area contributed by atoms with E-state index in [9.17, 15) is 9.50 Å². The molecule has 3 heterocycles. The average Bonchev–Trinajstić information content (AvgIpc) is 3.01. The van der Waals surface area contributed by atoms with Crippen molar-refractivity contribution in [2.45, 2.75) is 24.6 Å². The summed E-state index contributed by atoms with van der Waals surface area (Å²) in [5.74, 6) is 0. The largest absolute Gasteiger partial charge is 0.397 e. The van der Waals surface area contributed by atoms with E-state index in [4.69, 9.17) is 20.3 Å². The standard InChI is InChI=1S/C11H14FN4O5PS/c12-7-9(17)6(3-20-22(18,19)23)21-11(7)16-4-15-8-5(13)1-2-14-10(8)16/h1-2,4,6-7,9,11,17H,3H2,(H2,13,14)(H2,18,19,23)/t6-,7+,9?,11-/m1/s1. The Morgan fingerprint density at radius 1 is 1.48 bits per heavy atom. The van der Waals surface area contributed by atoms with Gasteiger partial charge < -0.3 is 29.9 Å². The smallest absolute Gasteiger partial charge is 0.321 e.